The van der Waals surface area contributed by atoms with Crippen LogP contribution in [0.15, 0.2) is 42.6 Å². The number of pyridine rings is 1. The van der Waals surface area contributed by atoms with E-state index in [4.69, 9.17) is 0 Å². The number of rotatable bonds is 5. The van der Waals surface area contributed by atoms with Crippen LogP contribution in [-0.2, 0) is 7.05 Å². The van der Waals surface area contributed by atoms with E-state index in [-0.39, 0.29) is 11.7 Å². The molecule has 0 fully saturated rings. The summed E-state index contributed by atoms with van der Waals surface area (Å²) in [5, 5.41) is 3.83. The smallest absolute Gasteiger partial charge is 0.422 e. The number of halogens is 3. The third-order valence-electron chi connectivity index (χ3n) is 4.39. The van der Waals surface area contributed by atoms with E-state index in [1.165, 1.54) is 18.3 Å². The first kappa shape index (κ1) is 19.7. The average Bonchev–Trinajstić information content (AvgIpc) is 2.96. The zero-order chi connectivity index (χ0) is 20.5. The maximum atomic E-state index is 12.7. The lowest BCUT2D eigenvalue weighted by Gasteiger charge is -2.15. The molecule has 0 saturated carbocycles. The summed E-state index contributed by atoms with van der Waals surface area (Å²) < 4.78 is 43.0. The molecule has 0 aliphatic carbocycles. The van der Waals surface area contributed by atoms with Crippen molar-refractivity contribution in [2.24, 2.45) is 7.05 Å². The van der Waals surface area contributed by atoms with Gasteiger partial charge < -0.3 is 14.6 Å². The minimum absolute atomic E-state index is 0.0173. The van der Waals surface area contributed by atoms with Crippen LogP contribution in [0.25, 0.3) is 10.9 Å². The Morgan fingerprint density at radius 1 is 1.25 bits per heavy atom. The van der Waals surface area contributed by atoms with Gasteiger partial charge in [-0.3, -0.25) is 9.78 Å². The van der Waals surface area contributed by atoms with E-state index in [2.05, 4.69) is 15.0 Å². The molecule has 3 aromatic rings. The van der Waals surface area contributed by atoms with Gasteiger partial charge in [0.2, 0.25) is 0 Å². The maximum Gasteiger partial charge on any atom is 0.422 e. The first-order valence-corrected chi connectivity index (χ1v) is 8.66. The molecule has 5 nitrogen and oxygen atoms in total. The van der Waals surface area contributed by atoms with Crippen LogP contribution in [0.1, 0.15) is 34.7 Å². The number of fused-ring (bicyclic) bond motifs is 1. The van der Waals surface area contributed by atoms with Crippen LogP contribution in [-0.4, -0.2) is 28.2 Å². The van der Waals surface area contributed by atoms with Gasteiger partial charge in [0.25, 0.3) is 5.91 Å². The van der Waals surface area contributed by atoms with Crippen LogP contribution in [0.2, 0.25) is 0 Å². The average molecular weight is 391 g/mol. The van der Waals surface area contributed by atoms with E-state index in [1.807, 2.05) is 42.8 Å². The summed E-state index contributed by atoms with van der Waals surface area (Å²) in [7, 11) is 1.83. The van der Waals surface area contributed by atoms with Crippen LogP contribution in [0.3, 0.4) is 0 Å². The first-order chi connectivity index (χ1) is 13.1. The molecule has 28 heavy (non-hydrogen) atoms. The zero-order valence-electron chi connectivity index (χ0n) is 15.7. The molecular formula is C20H20F3N3O2. The molecule has 0 spiro atoms. The summed E-state index contributed by atoms with van der Waals surface area (Å²) in [5.74, 6) is -0.244. The summed E-state index contributed by atoms with van der Waals surface area (Å²) >= 11 is 0. The van der Waals surface area contributed by atoms with E-state index in [0.717, 1.165) is 16.5 Å². The van der Waals surface area contributed by atoms with Gasteiger partial charge in [0, 0.05) is 18.0 Å². The standard InChI is InChI=1S/C20H20F3N3O2/c1-12-4-5-14-9-18(26(3)17(14)8-12)19(27)25-13(2)16-7-6-15(10-24-16)28-11-20(21,22)23/h4-10,13H,11H2,1-3H3,(H,25,27)/t13-/m1/s1. The predicted molar refractivity (Wildman–Crippen MR) is 99.3 cm³/mol. The summed E-state index contributed by atoms with van der Waals surface area (Å²) in [6.07, 6.45) is -3.19. The minimum Gasteiger partial charge on any atom is -0.483 e. The number of benzene rings is 1. The number of nitrogens with one attached hydrogen (secondary N) is 1. The predicted octanol–water partition coefficient (Wildman–Crippen LogP) is 4.31. The molecule has 3 rings (SSSR count). The second-order valence-corrected chi connectivity index (χ2v) is 6.67. The Bertz CT molecular complexity index is 994. The quantitative estimate of drug-likeness (QED) is 0.705. The van der Waals surface area contributed by atoms with Crippen molar-refractivity contribution >= 4 is 16.8 Å². The number of hydrogen-bond donors (Lipinski definition) is 1. The Hall–Kier alpha value is -3.03. The fourth-order valence-corrected chi connectivity index (χ4v) is 2.90. The number of ether oxygens (including phenoxy) is 1. The van der Waals surface area contributed by atoms with Gasteiger partial charge in [-0.15, -0.1) is 0 Å². The largest absolute Gasteiger partial charge is 0.483 e. The van der Waals surface area contributed by atoms with Crippen molar-refractivity contribution < 1.29 is 22.7 Å². The number of amides is 1. The minimum atomic E-state index is -4.41. The van der Waals surface area contributed by atoms with E-state index in [9.17, 15) is 18.0 Å². The number of alkyl halides is 3. The molecule has 0 saturated heterocycles. The molecule has 8 heteroatoms. The van der Waals surface area contributed by atoms with Gasteiger partial charge in [0.05, 0.1) is 17.9 Å². The Morgan fingerprint density at radius 3 is 2.64 bits per heavy atom. The first-order valence-electron chi connectivity index (χ1n) is 8.66. The second kappa shape index (κ2) is 7.53. The zero-order valence-corrected chi connectivity index (χ0v) is 15.7. The Balaban J connectivity index is 1.70. The fraction of sp³-hybridized carbons (Fsp3) is 0.300. The molecule has 1 N–H and O–H groups in total. The molecule has 0 unspecified atom stereocenters. The van der Waals surface area contributed by atoms with Crippen LogP contribution < -0.4 is 10.1 Å². The molecule has 148 valence electrons. The lowest BCUT2D eigenvalue weighted by molar-refractivity contribution is -0.153. The molecular weight excluding hydrogens is 371 g/mol. The van der Waals surface area contributed by atoms with E-state index in [0.29, 0.717) is 11.4 Å². The molecule has 2 heterocycles. The number of hydrogen-bond acceptors (Lipinski definition) is 3. The molecule has 1 aromatic carbocycles. The topological polar surface area (TPSA) is 56.1 Å². The van der Waals surface area contributed by atoms with Crippen LogP contribution >= 0.6 is 0 Å². The van der Waals surface area contributed by atoms with Crippen LogP contribution in [0.5, 0.6) is 5.75 Å². The highest BCUT2D eigenvalue weighted by Crippen LogP contribution is 2.22. The van der Waals surface area contributed by atoms with Crippen LogP contribution in [0, 0.1) is 6.92 Å². The summed E-state index contributed by atoms with van der Waals surface area (Å²) in [6, 6.07) is 10.3. The van der Waals surface area contributed by atoms with E-state index < -0.39 is 18.8 Å². The monoisotopic (exact) mass is 391 g/mol. The second-order valence-electron chi connectivity index (χ2n) is 6.67. The molecule has 0 bridgehead atoms. The Labute approximate surface area is 160 Å². The Morgan fingerprint density at radius 2 is 2.00 bits per heavy atom. The van der Waals surface area contributed by atoms with Crippen molar-refractivity contribution in [3.05, 3.63) is 59.5 Å². The maximum absolute atomic E-state index is 12.7. The fourth-order valence-electron chi connectivity index (χ4n) is 2.90. The number of carbonyl (C=O) groups is 1. The van der Waals surface area contributed by atoms with Crippen molar-refractivity contribution in [2.75, 3.05) is 6.61 Å². The van der Waals surface area contributed by atoms with Crippen molar-refractivity contribution in [2.45, 2.75) is 26.1 Å². The van der Waals surface area contributed by atoms with E-state index >= 15 is 0 Å². The van der Waals surface area contributed by atoms with Crippen molar-refractivity contribution in [1.29, 1.82) is 0 Å². The number of carbonyl (C=O) groups excluding carboxylic acids is 1. The normalized spacial score (nSPS) is 12.8. The summed E-state index contributed by atoms with van der Waals surface area (Å²) in [5.41, 5.74) is 3.09. The van der Waals surface area contributed by atoms with Gasteiger partial charge in [0.1, 0.15) is 11.4 Å². The third kappa shape index (κ3) is 4.44. The third-order valence-corrected chi connectivity index (χ3v) is 4.39. The molecule has 0 aliphatic heterocycles. The molecule has 2 aromatic heterocycles. The lowest BCUT2D eigenvalue weighted by Crippen LogP contribution is -2.28. The highest BCUT2D eigenvalue weighted by molar-refractivity contribution is 5.99. The number of nitrogens with zero attached hydrogens (tertiary/aromatic N) is 2. The lowest BCUT2D eigenvalue weighted by atomic mass is 10.2. The molecule has 0 aliphatic rings. The number of aromatic nitrogens is 2. The van der Waals surface area contributed by atoms with Gasteiger partial charge in [-0.25, -0.2) is 0 Å². The molecule has 0 radical (unpaired) electrons. The van der Waals surface area contributed by atoms with Gasteiger partial charge in [0.15, 0.2) is 6.61 Å². The summed E-state index contributed by atoms with van der Waals surface area (Å²) in [4.78, 5) is 16.8. The molecule has 1 atom stereocenters. The highest BCUT2D eigenvalue weighted by atomic mass is 19.4. The van der Waals surface area contributed by atoms with Gasteiger partial charge in [-0.2, -0.15) is 13.2 Å². The van der Waals surface area contributed by atoms with E-state index in [1.54, 1.807) is 6.92 Å². The molecule has 1 amide bonds. The number of aryl methyl sites for hydroxylation is 2. The van der Waals surface area contributed by atoms with Crippen molar-refractivity contribution in [3.63, 3.8) is 0 Å². The summed E-state index contributed by atoms with van der Waals surface area (Å²) in [6.45, 7) is 2.37. The van der Waals surface area contributed by atoms with Gasteiger partial charge >= 0.3 is 6.18 Å². The van der Waals surface area contributed by atoms with Gasteiger partial charge in [-0.1, -0.05) is 12.1 Å². The SMILES string of the molecule is Cc1ccc2cc(C(=O)N[C@H](C)c3ccc(OCC(F)(F)F)cn3)n(C)c2c1. The highest BCUT2D eigenvalue weighted by Gasteiger charge is 2.28. The van der Waals surface area contributed by atoms with Crippen molar-refractivity contribution in [3.8, 4) is 5.75 Å². The Kier molecular flexibility index (Phi) is 5.31. The van der Waals surface area contributed by atoms with Crippen LogP contribution in [0.4, 0.5) is 13.2 Å². The van der Waals surface area contributed by atoms with Gasteiger partial charge in [-0.05, 0) is 43.7 Å². The van der Waals surface area contributed by atoms with Crippen molar-refractivity contribution in [1.82, 2.24) is 14.9 Å².